The molecule has 0 aromatic heterocycles. The normalized spacial score (nSPS) is 27.9. The highest BCUT2D eigenvalue weighted by Crippen LogP contribution is 2.30. The summed E-state index contributed by atoms with van der Waals surface area (Å²) >= 11 is 0. The first-order valence-electron chi connectivity index (χ1n) is 7.09. The van der Waals surface area contributed by atoms with Gasteiger partial charge in [0.1, 0.15) is 0 Å². The van der Waals surface area contributed by atoms with Crippen molar-refractivity contribution in [3.05, 3.63) is 0 Å². The minimum absolute atomic E-state index is 0.495. The lowest BCUT2D eigenvalue weighted by Crippen LogP contribution is -2.44. The molecule has 0 amide bonds. The highest BCUT2D eigenvalue weighted by Gasteiger charge is 2.30. The molecule has 0 aliphatic heterocycles. The largest absolute Gasteiger partial charge is 0.381 e. The Balaban J connectivity index is 2.51. The highest BCUT2D eigenvalue weighted by molar-refractivity contribution is 4.85. The Morgan fingerprint density at radius 3 is 2.56 bits per heavy atom. The van der Waals surface area contributed by atoms with E-state index < -0.39 is 0 Å². The van der Waals surface area contributed by atoms with Crippen LogP contribution in [0.1, 0.15) is 58.8 Å². The van der Waals surface area contributed by atoms with Crippen LogP contribution in [-0.4, -0.2) is 25.8 Å². The third-order valence-corrected chi connectivity index (χ3v) is 3.83. The first kappa shape index (κ1) is 14.0. The summed E-state index contributed by atoms with van der Waals surface area (Å²) < 4.78 is 5.67. The van der Waals surface area contributed by atoms with Crippen LogP contribution in [0.3, 0.4) is 0 Å². The molecule has 3 unspecified atom stereocenters. The van der Waals surface area contributed by atoms with Crippen LogP contribution < -0.4 is 5.32 Å². The van der Waals surface area contributed by atoms with Gasteiger partial charge in [-0.1, -0.05) is 33.1 Å². The number of methoxy groups -OCH3 is 1. The minimum atomic E-state index is 0.495. The number of hydrogen-bond donors (Lipinski definition) is 1. The van der Waals surface area contributed by atoms with Gasteiger partial charge in [0, 0.05) is 19.1 Å². The second-order valence-corrected chi connectivity index (χ2v) is 5.07. The monoisotopic (exact) mass is 227 g/mol. The summed E-state index contributed by atoms with van der Waals surface area (Å²) in [6.45, 7) is 5.67. The fraction of sp³-hybridized carbons (Fsp3) is 1.00. The lowest BCUT2D eigenvalue weighted by atomic mass is 9.80. The first-order chi connectivity index (χ1) is 7.83. The van der Waals surface area contributed by atoms with Gasteiger partial charge in [0.25, 0.3) is 0 Å². The number of hydrogen-bond acceptors (Lipinski definition) is 2. The Bertz CT molecular complexity index is 172. The van der Waals surface area contributed by atoms with E-state index in [1.165, 1.54) is 44.9 Å². The second kappa shape index (κ2) is 8.08. The quantitative estimate of drug-likeness (QED) is 0.720. The Labute approximate surface area is 101 Å². The average Bonchev–Trinajstić information content (AvgIpc) is 2.34. The van der Waals surface area contributed by atoms with Crippen molar-refractivity contribution in [2.45, 2.75) is 70.9 Å². The van der Waals surface area contributed by atoms with E-state index in [9.17, 15) is 0 Å². The van der Waals surface area contributed by atoms with Crippen molar-refractivity contribution in [2.75, 3.05) is 13.7 Å². The summed E-state index contributed by atoms with van der Waals surface area (Å²) in [6.07, 6.45) is 9.63. The molecule has 1 saturated carbocycles. The zero-order valence-corrected chi connectivity index (χ0v) is 11.3. The molecule has 1 rings (SSSR count). The molecule has 0 radical (unpaired) electrons. The molecule has 1 N–H and O–H groups in total. The van der Waals surface area contributed by atoms with Crippen LogP contribution in [0.25, 0.3) is 0 Å². The molecule has 0 heterocycles. The van der Waals surface area contributed by atoms with E-state index in [4.69, 9.17) is 4.74 Å². The smallest absolute Gasteiger partial charge is 0.0614 e. The predicted octanol–water partition coefficient (Wildman–Crippen LogP) is 3.36. The van der Waals surface area contributed by atoms with Crippen molar-refractivity contribution in [1.29, 1.82) is 0 Å². The number of ether oxygens (including phenoxy) is 1. The van der Waals surface area contributed by atoms with Crippen molar-refractivity contribution in [3.8, 4) is 0 Å². The van der Waals surface area contributed by atoms with Crippen LogP contribution in [0, 0.1) is 5.92 Å². The van der Waals surface area contributed by atoms with Gasteiger partial charge in [-0.3, -0.25) is 0 Å². The molecule has 2 heteroatoms. The Morgan fingerprint density at radius 2 is 1.94 bits per heavy atom. The molecule has 0 bridgehead atoms. The molecule has 0 spiro atoms. The maximum atomic E-state index is 5.67. The van der Waals surface area contributed by atoms with Crippen LogP contribution in [0.4, 0.5) is 0 Å². The Hall–Kier alpha value is -0.0800. The summed E-state index contributed by atoms with van der Waals surface area (Å²) in [5, 5.41) is 3.72. The summed E-state index contributed by atoms with van der Waals surface area (Å²) in [5.41, 5.74) is 0. The van der Waals surface area contributed by atoms with Crippen molar-refractivity contribution >= 4 is 0 Å². The van der Waals surface area contributed by atoms with E-state index in [1.807, 2.05) is 7.11 Å². The van der Waals surface area contributed by atoms with E-state index >= 15 is 0 Å². The van der Waals surface area contributed by atoms with E-state index in [0.717, 1.165) is 12.5 Å². The molecule has 1 aliphatic carbocycles. The first-order valence-corrected chi connectivity index (χ1v) is 7.09. The molecule has 3 atom stereocenters. The predicted molar refractivity (Wildman–Crippen MR) is 69.7 cm³/mol. The molecule has 1 fully saturated rings. The van der Waals surface area contributed by atoms with Crippen molar-refractivity contribution in [2.24, 2.45) is 5.92 Å². The van der Waals surface area contributed by atoms with E-state index in [1.54, 1.807) is 0 Å². The summed E-state index contributed by atoms with van der Waals surface area (Å²) in [4.78, 5) is 0. The topological polar surface area (TPSA) is 21.3 Å². The fourth-order valence-electron chi connectivity index (χ4n) is 2.99. The van der Waals surface area contributed by atoms with Gasteiger partial charge in [0.2, 0.25) is 0 Å². The zero-order chi connectivity index (χ0) is 11.8. The van der Waals surface area contributed by atoms with Gasteiger partial charge in [0.15, 0.2) is 0 Å². The zero-order valence-electron chi connectivity index (χ0n) is 11.3. The molecular formula is C14H29NO. The van der Waals surface area contributed by atoms with Gasteiger partial charge in [-0.15, -0.1) is 0 Å². The molecule has 2 nitrogen and oxygen atoms in total. The summed E-state index contributed by atoms with van der Waals surface area (Å²) in [7, 11) is 1.88. The molecule has 1 aliphatic rings. The maximum absolute atomic E-state index is 5.67. The minimum Gasteiger partial charge on any atom is -0.381 e. The van der Waals surface area contributed by atoms with Crippen LogP contribution in [-0.2, 0) is 4.74 Å². The standard InChI is InChI=1S/C14H29NO/c1-4-8-13(15-11-5-2)12-9-6-7-10-14(12)16-3/h12-15H,4-11H2,1-3H3. The van der Waals surface area contributed by atoms with Crippen LogP contribution in [0.2, 0.25) is 0 Å². The Morgan fingerprint density at radius 1 is 1.19 bits per heavy atom. The molecule has 0 aromatic carbocycles. The lowest BCUT2D eigenvalue weighted by Gasteiger charge is -2.37. The molecule has 0 aromatic rings. The van der Waals surface area contributed by atoms with Gasteiger partial charge in [-0.25, -0.2) is 0 Å². The molecule has 0 saturated heterocycles. The third kappa shape index (κ3) is 4.06. The van der Waals surface area contributed by atoms with E-state index in [0.29, 0.717) is 12.1 Å². The van der Waals surface area contributed by atoms with Crippen molar-refractivity contribution < 1.29 is 4.74 Å². The van der Waals surface area contributed by atoms with Gasteiger partial charge in [-0.2, -0.15) is 0 Å². The van der Waals surface area contributed by atoms with Crippen LogP contribution in [0.15, 0.2) is 0 Å². The van der Waals surface area contributed by atoms with Crippen molar-refractivity contribution in [1.82, 2.24) is 5.32 Å². The highest BCUT2D eigenvalue weighted by atomic mass is 16.5. The molecule has 96 valence electrons. The van der Waals surface area contributed by atoms with Crippen LogP contribution in [0.5, 0.6) is 0 Å². The van der Waals surface area contributed by atoms with Gasteiger partial charge in [0.05, 0.1) is 6.10 Å². The summed E-state index contributed by atoms with van der Waals surface area (Å²) in [5.74, 6) is 0.741. The molecular weight excluding hydrogens is 198 g/mol. The van der Waals surface area contributed by atoms with E-state index in [2.05, 4.69) is 19.2 Å². The van der Waals surface area contributed by atoms with Crippen molar-refractivity contribution in [3.63, 3.8) is 0 Å². The number of rotatable bonds is 7. The average molecular weight is 227 g/mol. The number of nitrogens with one attached hydrogen (secondary N) is 1. The van der Waals surface area contributed by atoms with Crippen LogP contribution >= 0.6 is 0 Å². The summed E-state index contributed by atoms with van der Waals surface area (Å²) in [6, 6.07) is 0.676. The SMILES string of the molecule is CCCNC(CCC)C1CCCCC1OC. The Kier molecular flexibility index (Phi) is 7.06. The molecule has 16 heavy (non-hydrogen) atoms. The fourth-order valence-corrected chi connectivity index (χ4v) is 2.99. The van der Waals surface area contributed by atoms with Gasteiger partial charge >= 0.3 is 0 Å². The van der Waals surface area contributed by atoms with Gasteiger partial charge < -0.3 is 10.1 Å². The van der Waals surface area contributed by atoms with Gasteiger partial charge in [-0.05, 0) is 32.2 Å². The van der Waals surface area contributed by atoms with E-state index in [-0.39, 0.29) is 0 Å². The third-order valence-electron chi connectivity index (χ3n) is 3.83. The lowest BCUT2D eigenvalue weighted by molar-refractivity contribution is 0.00648. The second-order valence-electron chi connectivity index (χ2n) is 5.07. The maximum Gasteiger partial charge on any atom is 0.0614 e.